The number of benzene rings is 1. The van der Waals surface area contributed by atoms with Crippen LogP contribution in [0.3, 0.4) is 0 Å². The lowest BCUT2D eigenvalue weighted by Crippen LogP contribution is -2.13. The predicted molar refractivity (Wildman–Crippen MR) is 80.9 cm³/mol. The number of aromatic nitrogens is 2. The van der Waals surface area contributed by atoms with Crippen LogP contribution in [0.2, 0.25) is 5.15 Å². The lowest BCUT2D eigenvalue weighted by Gasteiger charge is -2.07. The average Bonchev–Trinajstić information content (AvgIpc) is 3.08. The largest absolute Gasteiger partial charge is 0.358 e. The van der Waals surface area contributed by atoms with Crippen LogP contribution in [-0.4, -0.2) is 18.4 Å². The molecule has 0 saturated heterocycles. The van der Waals surface area contributed by atoms with Gasteiger partial charge >= 0.3 is 0 Å². The summed E-state index contributed by atoms with van der Waals surface area (Å²) in [5, 5.41) is 10.4. The Labute approximate surface area is 133 Å². The second-order valence-corrected chi connectivity index (χ2v) is 7.30. The molecule has 10 heteroatoms. The van der Waals surface area contributed by atoms with Gasteiger partial charge in [0.25, 0.3) is 10.0 Å². The van der Waals surface area contributed by atoms with Crippen molar-refractivity contribution in [1.82, 2.24) is 9.97 Å². The second kappa shape index (κ2) is 5.24. The number of rotatable bonds is 3. The van der Waals surface area contributed by atoms with E-state index in [1.54, 1.807) is 0 Å². The number of aromatic amines is 1. The van der Waals surface area contributed by atoms with Crippen LogP contribution < -0.4 is 4.72 Å². The number of H-pyrrole nitrogens is 1. The van der Waals surface area contributed by atoms with Gasteiger partial charge in [0.05, 0.1) is 22.2 Å². The molecule has 2 heterocycles. The van der Waals surface area contributed by atoms with Crippen LogP contribution in [0.5, 0.6) is 0 Å². The second-order valence-electron chi connectivity index (χ2n) is 4.20. The first-order valence-corrected chi connectivity index (χ1v) is 8.50. The summed E-state index contributed by atoms with van der Waals surface area (Å²) in [7, 11) is -3.95. The molecule has 0 radical (unpaired) electrons. The third-order valence-electron chi connectivity index (χ3n) is 2.83. The standard InChI is InChI=1S/C12H6ClFN4O2S2/c13-9-5-21-12(17-9)22(19,20)18-8-2-1-7(14)10-6(3-15)4-16-11(8)10/h1-2,4-5,16,18H. The maximum absolute atomic E-state index is 13.8. The fourth-order valence-electron chi connectivity index (χ4n) is 1.93. The lowest BCUT2D eigenvalue weighted by molar-refractivity contribution is 0.600. The van der Waals surface area contributed by atoms with Gasteiger partial charge in [-0.2, -0.15) is 13.7 Å². The molecule has 3 aromatic rings. The van der Waals surface area contributed by atoms with Crippen LogP contribution in [0.25, 0.3) is 10.9 Å². The number of hydrogen-bond acceptors (Lipinski definition) is 5. The summed E-state index contributed by atoms with van der Waals surface area (Å²) in [6, 6.07) is 4.19. The van der Waals surface area contributed by atoms with Crippen molar-refractivity contribution in [2.24, 2.45) is 0 Å². The summed E-state index contributed by atoms with van der Waals surface area (Å²) in [5.41, 5.74) is 0.387. The van der Waals surface area contributed by atoms with Gasteiger partial charge in [-0.05, 0) is 12.1 Å². The predicted octanol–water partition coefficient (Wildman–Crippen LogP) is 3.09. The van der Waals surface area contributed by atoms with Crippen molar-refractivity contribution in [1.29, 1.82) is 5.26 Å². The van der Waals surface area contributed by atoms with Crippen LogP contribution in [0, 0.1) is 17.1 Å². The summed E-state index contributed by atoms with van der Waals surface area (Å²) in [6.45, 7) is 0. The molecule has 0 aliphatic carbocycles. The number of nitrogens with one attached hydrogen (secondary N) is 2. The Morgan fingerprint density at radius 3 is 2.86 bits per heavy atom. The molecule has 1 aromatic carbocycles. The molecule has 0 saturated carbocycles. The Bertz CT molecular complexity index is 1020. The van der Waals surface area contributed by atoms with Crippen molar-refractivity contribution in [3.05, 3.63) is 40.2 Å². The van der Waals surface area contributed by atoms with Gasteiger partial charge in [0.2, 0.25) is 4.34 Å². The number of halogens is 2. The monoisotopic (exact) mass is 356 g/mol. The Balaban J connectivity index is 2.11. The fourth-order valence-corrected chi connectivity index (χ4v) is 4.19. The Morgan fingerprint density at radius 2 is 2.23 bits per heavy atom. The molecule has 2 N–H and O–H groups in total. The number of sulfonamides is 1. The molecular weight excluding hydrogens is 351 g/mol. The molecule has 0 amide bonds. The van der Waals surface area contributed by atoms with E-state index in [0.29, 0.717) is 0 Å². The summed E-state index contributed by atoms with van der Waals surface area (Å²) in [4.78, 5) is 6.39. The van der Waals surface area contributed by atoms with E-state index in [9.17, 15) is 12.8 Å². The van der Waals surface area contributed by atoms with Gasteiger partial charge in [0, 0.05) is 11.6 Å². The molecule has 6 nitrogen and oxygen atoms in total. The van der Waals surface area contributed by atoms with E-state index >= 15 is 0 Å². The van der Waals surface area contributed by atoms with E-state index in [0.717, 1.165) is 17.4 Å². The fraction of sp³-hybridized carbons (Fsp3) is 0. The quantitative estimate of drug-likeness (QED) is 0.753. The Morgan fingerprint density at radius 1 is 1.45 bits per heavy atom. The normalized spacial score (nSPS) is 11.5. The van der Waals surface area contributed by atoms with Crippen LogP contribution in [-0.2, 0) is 10.0 Å². The zero-order chi connectivity index (χ0) is 15.9. The van der Waals surface area contributed by atoms with Crippen molar-refractivity contribution in [3.63, 3.8) is 0 Å². The van der Waals surface area contributed by atoms with Gasteiger partial charge in [-0.3, -0.25) is 4.72 Å². The first-order chi connectivity index (χ1) is 10.4. The highest BCUT2D eigenvalue weighted by molar-refractivity contribution is 7.94. The minimum Gasteiger partial charge on any atom is -0.358 e. The highest BCUT2D eigenvalue weighted by Crippen LogP contribution is 2.30. The van der Waals surface area contributed by atoms with Gasteiger partial charge in [-0.1, -0.05) is 11.6 Å². The molecule has 22 heavy (non-hydrogen) atoms. The van der Waals surface area contributed by atoms with Crippen molar-refractivity contribution < 1.29 is 12.8 Å². The summed E-state index contributed by atoms with van der Waals surface area (Å²) >= 11 is 6.49. The van der Waals surface area contributed by atoms with E-state index in [2.05, 4.69) is 14.7 Å². The number of fused-ring (bicyclic) bond motifs is 1. The van der Waals surface area contributed by atoms with Crippen molar-refractivity contribution in [2.75, 3.05) is 4.72 Å². The average molecular weight is 357 g/mol. The maximum atomic E-state index is 13.8. The summed E-state index contributed by atoms with van der Waals surface area (Å²) < 4.78 is 40.4. The van der Waals surface area contributed by atoms with E-state index in [1.165, 1.54) is 17.6 Å². The van der Waals surface area contributed by atoms with E-state index in [-0.39, 0.29) is 31.6 Å². The Hall–Kier alpha value is -2.15. The molecule has 0 unspecified atom stereocenters. The highest BCUT2D eigenvalue weighted by atomic mass is 35.5. The van der Waals surface area contributed by atoms with E-state index in [4.69, 9.17) is 16.9 Å². The Kier molecular flexibility index (Phi) is 3.52. The maximum Gasteiger partial charge on any atom is 0.289 e. The zero-order valence-electron chi connectivity index (χ0n) is 10.6. The number of hydrogen-bond donors (Lipinski definition) is 2. The molecule has 3 rings (SSSR count). The number of anilines is 1. The molecular formula is C12H6ClFN4O2S2. The van der Waals surface area contributed by atoms with E-state index in [1.807, 2.05) is 6.07 Å². The molecule has 2 aromatic heterocycles. The van der Waals surface area contributed by atoms with Gasteiger partial charge in [-0.15, -0.1) is 11.3 Å². The van der Waals surface area contributed by atoms with Gasteiger partial charge in [-0.25, -0.2) is 9.37 Å². The van der Waals surface area contributed by atoms with Crippen molar-refractivity contribution in [2.45, 2.75) is 4.34 Å². The first kappa shape index (κ1) is 14.8. The minimum absolute atomic E-state index is 0.0277. The SMILES string of the molecule is N#Cc1c[nH]c2c(NS(=O)(=O)c3nc(Cl)cs3)ccc(F)c12. The first-order valence-electron chi connectivity index (χ1n) is 5.76. The molecule has 0 bridgehead atoms. The molecule has 0 aliphatic heterocycles. The molecule has 0 fully saturated rings. The third kappa shape index (κ3) is 2.41. The van der Waals surface area contributed by atoms with Crippen LogP contribution in [0.15, 0.2) is 28.0 Å². The molecule has 112 valence electrons. The van der Waals surface area contributed by atoms with Crippen LogP contribution in [0.1, 0.15) is 5.56 Å². The minimum atomic E-state index is -3.95. The van der Waals surface area contributed by atoms with Gasteiger partial charge < -0.3 is 4.98 Å². The lowest BCUT2D eigenvalue weighted by atomic mass is 10.1. The summed E-state index contributed by atoms with van der Waals surface area (Å²) in [6.07, 6.45) is 1.31. The van der Waals surface area contributed by atoms with Crippen LogP contribution >= 0.6 is 22.9 Å². The highest BCUT2D eigenvalue weighted by Gasteiger charge is 2.21. The van der Waals surface area contributed by atoms with E-state index < -0.39 is 15.8 Å². The molecule has 0 aliphatic rings. The smallest absolute Gasteiger partial charge is 0.289 e. The van der Waals surface area contributed by atoms with Gasteiger partial charge in [0.15, 0.2) is 0 Å². The molecule has 0 atom stereocenters. The number of thiazole rings is 1. The third-order valence-corrected chi connectivity index (χ3v) is 5.78. The summed E-state index contributed by atoms with van der Waals surface area (Å²) in [5.74, 6) is -0.618. The number of nitrogens with zero attached hydrogens (tertiary/aromatic N) is 2. The van der Waals surface area contributed by atoms with Crippen molar-refractivity contribution in [3.8, 4) is 6.07 Å². The van der Waals surface area contributed by atoms with Gasteiger partial charge in [0.1, 0.15) is 17.0 Å². The molecule has 0 spiro atoms. The van der Waals surface area contributed by atoms with Crippen molar-refractivity contribution >= 4 is 49.6 Å². The zero-order valence-corrected chi connectivity index (χ0v) is 13.0. The number of nitriles is 1. The van der Waals surface area contributed by atoms with Crippen LogP contribution in [0.4, 0.5) is 10.1 Å². The topological polar surface area (TPSA) is 98.6 Å².